The number of hydrogen-bond donors (Lipinski definition) is 1. The summed E-state index contributed by atoms with van der Waals surface area (Å²) in [5.74, 6) is 0.310. The molecule has 7 rings (SSSR count). The zero-order valence-electron chi connectivity index (χ0n) is 34.5. The van der Waals surface area contributed by atoms with Crippen molar-refractivity contribution in [2.24, 2.45) is 0 Å². The minimum atomic E-state index is -0.227. The zero-order valence-corrected chi connectivity index (χ0v) is 37.6. The number of rotatable bonds is 6. The van der Waals surface area contributed by atoms with Gasteiger partial charge in [-0.05, 0) is 62.3 Å². The molecule has 0 bridgehead atoms. The minimum absolute atomic E-state index is 0. The van der Waals surface area contributed by atoms with E-state index in [2.05, 4.69) is 191 Å². The summed E-state index contributed by atoms with van der Waals surface area (Å²) in [6.45, 7) is 24.4. The molecule has 1 N–H and O–H groups in total. The van der Waals surface area contributed by atoms with Gasteiger partial charge in [0.25, 0.3) is 0 Å². The van der Waals surface area contributed by atoms with E-state index in [1.807, 2.05) is 6.20 Å². The van der Waals surface area contributed by atoms with Crippen LogP contribution in [-0.2, 0) is 42.7 Å². The molecule has 3 nitrogen and oxygen atoms in total. The van der Waals surface area contributed by atoms with Crippen molar-refractivity contribution in [3.63, 3.8) is 0 Å². The maximum absolute atomic E-state index is 11.7. The Morgan fingerprint density at radius 3 is 1.82 bits per heavy atom. The first-order valence-electron chi connectivity index (χ1n) is 19.3. The number of aromatic hydroxyl groups is 1. The Hall–Kier alpha value is -4.37. The molecule has 0 saturated heterocycles. The molecule has 5 aromatic carbocycles. The van der Waals surface area contributed by atoms with E-state index in [0.717, 1.165) is 59.9 Å². The number of phenolic OH excluding ortho intramolecular Hbond substituents is 1. The smallest absolute Gasteiger partial charge is 0.129 e. The molecule has 290 valence electrons. The Morgan fingerprint density at radius 2 is 1.18 bits per heavy atom. The topological polar surface area (TPSA) is 46.0 Å². The van der Waals surface area contributed by atoms with Crippen LogP contribution in [-0.4, -0.2) is 15.1 Å². The Bertz CT molecular complexity index is 2510. The van der Waals surface area contributed by atoms with E-state index in [1.54, 1.807) is 11.3 Å². The quantitative estimate of drug-likeness (QED) is 0.169. The Kier molecular flexibility index (Phi) is 11.2. The Balaban J connectivity index is 0.00000532. The summed E-state index contributed by atoms with van der Waals surface area (Å²) in [5.41, 5.74) is 13.2. The fourth-order valence-corrected chi connectivity index (χ4v) is 8.24. The third kappa shape index (κ3) is 8.20. The number of thiazole rings is 1. The first-order valence-corrected chi connectivity index (χ1v) is 20.1. The molecule has 0 aliphatic carbocycles. The molecule has 0 spiro atoms. The Labute approximate surface area is 352 Å². The summed E-state index contributed by atoms with van der Waals surface area (Å²) >= 11 is 1.63. The summed E-state index contributed by atoms with van der Waals surface area (Å²) in [6, 6.07) is 42.8. The van der Waals surface area contributed by atoms with Crippen LogP contribution in [0.2, 0.25) is 0 Å². The number of pyridine rings is 1. The van der Waals surface area contributed by atoms with E-state index < -0.39 is 0 Å². The number of hydrogen-bond acceptors (Lipinski definition) is 4. The van der Waals surface area contributed by atoms with E-state index >= 15 is 0 Å². The molecular formula is C51H53N2OPtS-. The average molecular weight is 937 g/mol. The molecule has 0 aliphatic rings. The van der Waals surface area contributed by atoms with E-state index in [-0.39, 0.29) is 42.7 Å². The van der Waals surface area contributed by atoms with Gasteiger partial charge in [-0.1, -0.05) is 166 Å². The Morgan fingerprint density at radius 1 is 0.554 bits per heavy atom. The summed E-state index contributed by atoms with van der Waals surface area (Å²) < 4.78 is 1.07. The van der Waals surface area contributed by atoms with Gasteiger partial charge >= 0.3 is 0 Å². The minimum Gasteiger partial charge on any atom is -0.507 e. The molecule has 0 fully saturated rings. The second-order valence-corrected chi connectivity index (χ2v) is 19.6. The summed E-state index contributed by atoms with van der Waals surface area (Å²) in [5, 5.41) is 12.5. The number of phenols is 1. The van der Waals surface area contributed by atoms with Crippen LogP contribution in [0.1, 0.15) is 104 Å². The van der Waals surface area contributed by atoms with Gasteiger partial charge in [-0.3, -0.25) is 4.98 Å². The SMILES string of the molecule is CC(C)(C)c1cc(-c2cc(-c3ccc(C(C)(C)c4ccccc4)cc3)ccn2)[c-]c(-c2cccc3sc(-c4cc(C(C)(C)C)cc(C(C)(C)C)c4O)nc23)c1.[Pt]. The normalized spacial score (nSPS) is 12.5. The van der Waals surface area contributed by atoms with Crippen molar-refractivity contribution < 1.29 is 26.2 Å². The van der Waals surface area contributed by atoms with Crippen LogP contribution < -0.4 is 0 Å². The van der Waals surface area contributed by atoms with Crippen LogP contribution in [0.25, 0.3) is 54.3 Å². The first kappa shape index (κ1) is 41.3. The van der Waals surface area contributed by atoms with Gasteiger partial charge < -0.3 is 5.11 Å². The predicted molar refractivity (Wildman–Crippen MR) is 234 cm³/mol. The van der Waals surface area contributed by atoms with Gasteiger partial charge in [-0.15, -0.1) is 40.7 Å². The average Bonchev–Trinajstić information content (AvgIpc) is 3.58. The van der Waals surface area contributed by atoms with Crippen molar-refractivity contribution in [1.82, 2.24) is 9.97 Å². The number of para-hydroxylation sites is 1. The monoisotopic (exact) mass is 936 g/mol. The maximum atomic E-state index is 11.7. The molecule has 7 aromatic rings. The number of nitrogens with zero attached hydrogens (tertiary/aromatic N) is 2. The van der Waals surface area contributed by atoms with E-state index in [9.17, 15) is 5.11 Å². The molecule has 5 heteroatoms. The van der Waals surface area contributed by atoms with Gasteiger partial charge in [-0.2, -0.15) is 0 Å². The fourth-order valence-electron chi connectivity index (χ4n) is 7.23. The molecular weight excluding hydrogens is 884 g/mol. The second kappa shape index (κ2) is 15.2. The zero-order chi connectivity index (χ0) is 39.5. The van der Waals surface area contributed by atoms with E-state index in [0.29, 0.717) is 5.75 Å². The number of fused-ring (bicyclic) bond motifs is 1. The van der Waals surface area contributed by atoms with E-state index in [1.165, 1.54) is 22.3 Å². The third-order valence-electron chi connectivity index (χ3n) is 10.9. The largest absolute Gasteiger partial charge is 0.507 e. The molecule has 0 aliphatic heterocycles. The van der Waals surface area contributed by atoms with Gasteiger partial charge in [0, 0.05) is 48.6 Å². The molecule has 0 atom stereocenters. The third-order valence-corrected chi connectivity index (χ3v) is 12.0. The van der Waals surface area contributed by atoms with Gasteiger partial charge in [-0.25, -0.2) is 4.98 Å². The standard InChI is InChI=1S/C51H53N2OS.Pt/c1-48(2,3)38-27-34(40-18-15-19-44-45(40)53-47(55-44)41-30-39(49(4,5)6)31-42(46(41)54)50(7,8)9)26-35(28-38)43-29-33(24-25-52-43)32-20-22-37(23-21-32)51(10,11)36-16-13-12-14-17-36;/h12-25,27-31,54H,1-11H3;/q-1;. The molecule has 0 radical (unpaired) electrons. The van der Waals surface area contributed by atoms with Gasteiger partial charge in [0.1, 0.15) is 10.8 Å². The van der Waals surface area contributed by atoms with Crippen molar-refractivity contribution >= 4 is 21.6 Å². The van der Waals surface area contributed by atoms with Crippen molar-refractivity contribution in [2.75, 3.05) is 0 Å². The number of aromatic nitrogens is 2. The van der Waals surface area contributed by atoms with Crippen LogP contribution in [0.3, 0.4) is 0 Å². The fraction of sp³-hybridized carbons (Fsp3) is 0.294. The van der Waals surface area contributed by atoms with Gasteiger partial charge in [0.2, 0.25) is 0 Å². The summed E-state index contributed by atoms with van der Waals surface area (Å²) in [6.07, 6.45) is 1.90. The molecule has 2 heterocycles. The molecule has 2 aromatic heterocycles. The molecule has 0 unspecified atom stereocenters. The van der Waals surface area contributed by atoms with Crippen molar-refractivity contribution in [3.05, 3.63) is 149 Å². The van der Waals surface area contributed by atoms with Crippen LogP contribution in [0.4, 0.5) is 0 Å². The van der Waals surface area contributed by atoms with Crippen LogP contribution >= 0.6 is 11.3 Å². The summed E-state index contributed by atoms with van der Waals surface area (Å²) in [4.78, 5) is 10.2. The van der Waals surface area contributed by atoms with Gasteiger partial charge in [0.05, 0.1) is 11.1 Å². The maximum Gasteiger partial charge on any atom is 0.129 e. The molecule has 56 heavy (non-hydrogen) atoms. The van der Waals surface area contributed by atoms with Crippen molar-refractivity contribution in [3.8, 4) is 49.8 Å². The van der Waals surface area contributed by atoms with Crippen LogP contribution in [0.15, 0.2) is 115 Å². The summed E-state index contributed by atoms with van der Waals surface area (Å²) in [7, 11) is 0. The van der Waals surface area contributed by atoms with Crippen LogP contribution in [0.5, 0.6) is 5.75 Å². The van der Waals surface area contributed by atoms with Crippen molar-refractivity contribution in [2.45, 2.75) is 97.8 Å². The van der Waals surface area contributed by atoms with Crippen molar-refractivity contribution in [1.29, 1.82) is 0 Å². The first-order chi connectivity index (χ1) is 25.8. The van der Waals surface area contributed by atoms with E-state index in [4.69, 9.17) is 9.97 Å². The van der Waals surface area contributed by atoms with Crippen LogP contribution in [0, 0.1) is 6.07 Å². The van der Waals surface area contributed by atoms with Gasteiger partial charge in [0.15, 0.2) is 0 Å². The molecule has 0 saturated carbocycles. The number of benzene rings is 5. The second-order valence-electron chi connectivity index (χ2n) is 18.5. The predicted octanol–water partition coefficient (Wildman–Crippen LogP) is 14.1. The molecule has 0 amide bonds.